The second-order valence-corrected chi connectivity index (χ2v) is 12.6. The van der Waals surface area contributed by atoms with Crippen LogP contribution in [-0.4, -0.2) is 55.7 Å². The number of fused-ring (bicyclic) bond motifs is 1. The van der Waals surface area contributed by atoms with Crippen LogP contribution in [0.25, 0.3) is 5.65 Å². The fourth-order valence-electron chi connectivity index (χ4n) is 5.73. The molecule has 0 bridgehead atoms. The van der Waals surface area contributed by atoms with Crippen molar-refractivity contribution in [3.8, 4) is 0 Å². The summed E-state index contributed by atoms with van der Waals surface area (Å²) in [5.41, 5.74) is 0.994. The zero-order valence-electron chi connectivity index (χ0n) is 24.9. The van der Waals surface area contributed by atoms with Crippen molar-refractivity contribution < 1.29 is 36.6 Å². The van der Waals surface area contributed by atoms with Gasteiger partial charge in [-0.05, 0) is 56.7 Å². The van der Waals surface area contributed by atoms with Gasteiger partial charge in [-0.1, -0.05) is 30.3 Å². The molecule has 1 saturated carbocycles. The minimum absolute atomic E-state index is 0.0262. The van der Waals surface area contributed by atoms with Gasteiger partial charge in [-0.2, -0.15) is 5.10 Å². The molecule has 1 saturated heterocycles. The SMILES string of the molecule is CC(C)(C)OC(=O)N1CCC(F)(F)CC1c1cnn2cc([C@@H](NC(=O)OCc3ccccc3)C3CCC(F)(F)CC3)nc2c1. The number of carbonyl (C=O) groups is 2. The average Bonchev–Trinajstić information content (AvgIpc) is 3.37. The molecule has 2 amide bonds. The van der Waals surface area contributed by atoms with Crippen molar-refractivity contribution in [3.63, 3.8) is 0 Å². The highest BCUT2D eigenvalue weighted by atomic mass is 19.3. The Labute approximate surface area is 252 Å². The Kier molecular flexibility index (Phi) is 8.77. The number of likely N-dealkylation sites (tertiary alicyclic amines) is 1. The zero-order valence-corrected chi connectivity index (χ0v) is 24.9. The van der Waals surface area contributed by atoms with Gasteiger partial charge >= 0.3 is 12.2 Å². The van der Waals surface area contributed by atoms with E-state index in [1.807, 2.05) is 30.3 Å². The van der Waals surface area contributed by atoms with Crippen LogP contribution in [0, 0.1) is 5.92 Å². The van der Waals surface area contributed by atoms with Crippen LogP contribution in [0.2, 0.25) is 0 Å². The summed E-state index contributed by atoms with van der Waals surface area (Å²) in [6, 6.07) is 8.92. The lowest BCUT2D eigenvalue weighted by atomic mass is 9.81. The van der Waals surface area contributed by atoms with Crippen LogP contribution in [-0.2, 0) is 16.1 Å². The van der Waals surface area contributed by atoms with E-state index in [-0.39, 0.29) is 44.8 Å². The second-order valence-electron chi connectivity index (χ2n) is 12.6. The molecule has 9 nitrogen and oxygen atoms in total. The first-order chi connectivity index (χ1) is 20.7. The lowest BCUT2D eigenvalue weighted by Crippen LogP contribution is -2.46. The molecule has 238 valence electrons. The Hall–Kier alpha value is -3.90. The molecule has 2 fully saturated rings. The van der Waals surface area contributed by atoms with Crippen molar-refractivity contribution in [2.75, 3.05) is 6.54 Å². The molecule has 44 heavy (non-hydrogen) atoms. The van der Waals surface area contributed by atoms with Gasteiger partial charge in [0.25, 0.3) is 5.92 Å². The summed E-state index contributed by atoms with van der Waals surface area (Å²) in [5, 5.41) is 7.18. The number of benzene rings is 1. The molecule has 1 N–H and O–H groups in total. The van der Waals surface area contributed by atoms with Crippen molar-refractivity contribution >= 4 is 17.8 Å². The number of halogens is 4. The van der Waals surface area contributed by atoms with Gasteiger partial charge in [-0.15, -0.1) is 0 Å². The number of alkyl halides is 4. The van der Waals surface area contributed by atoms with Crippen LogP contribution >= 0.6 is 0 Å². The first-order valence-corrected chi connectivity index (χ1v) is 14.8. The molecule has 1 aliphatic carbocycles. The summed E-state index contributed by atoms with van der Waals surface area (Å²) in [5.74, 6) is -6.11. The largest absolute Gasteiger partial charge is 0.445 e. The van der Waals surface area contributed by atoms with Gasteiger partial charge in [0.15, 0.2) is 5.65 Å². The van der Waals surface area contributed by atoms with E-state index < -0.39 is 54.6 Å². The third-order valence-corrected chi connectivity index (χ3v) is 8.00. The Morgan fingerprint density at radius 2 is 1.77 bits per heavy atom. The molecule has 2 aliphatic rings. The second kappa shape index (κ2) is 12.2. The minimum atomic E-state index is -2.99. The smallest absolute Gasteiger partial charge is 0.410 e. The maximum Gasteiger partial charge on any atom is 0.410 e. The number of aromatic nitrogens is 3. The lowest BCUT2D eigenvalue weighted by Gasteiger charge is -2.39. The fourth-order valence-corrected chi connectivity index (χ4v) is 5.73. The van der Waals surface area contributed by atoms with Gasteiger partial charge in [-0.3, -0.25) is 0 Å². The quantitative estimate of drug-likeness (QED) is 0.293. The molecular weight excluding hydrogens is 582 g/mol. The summed E-state index contributed by atoms with van der Waals surface area (Å²) in [7, 11) is 0. The number of imidazole rings is 1. The van der Waals surface area contributed by atoms with Crippen LogP contribution in [0.4, 0.5) is 27.2 Å². The molecular formula is C31H37F4N5O4. The molecule has 5 rings (SSSR count). The molecule has 3 aromatic rings. The maximum atomic E-state index is 14.6. The van der Waals surface area contributed by atoms with E-state index in [0.717, 1.165) is 5.56 Å². The molecule has 1 aromatic carbocycles. The summed E-state index contributed by atoms with van der Waals surface area (Å²) in [6.45, 7) is 4.94. The lowest BCUT2D eigenvalue weighted by molar-refractivity contribution is -0.0809. The van der Waals surface area contributed by atoms with Gasteiger partial charge in [0, 0.05) is 32.2 Å². The standard InChI is InChI=1S/C31H37F4N5O4/c1-29(2,3)44-28(42)39-14-13-31(34,35)16-24(39)22-15-25-37-23(18-40(25)36-17-22)26(21-9-11-30(32,33)12-10-21)38-27(41)43-19-20-7-5-4-6-8-20/h4-8,15,17-18,21,24,26H,9-14,16,19H2,1-3H3,(H,38,41)/t24?,26-/m0/s1. The van der Waals surface area contributed by atoms with E-state index >= 15 is 0 Å². The molecule has 3 heterocycles. The van der Waals surface area contributed by atoms with Crippen molar-refractivity contribution in [1.29, 1.82) is 0 Å². The molecule has 1 unspecified atom stereocenters. The highest BCUT2D eigenvalue weighted by Gasteiger charge is 2.44. The number of hydrogen-bond donors (Lipinski definition) is 1. The fraction of sp³-hybridized carbons (Fsp3) is 0.548. The minimum Gasteiger partial charge on any atom is -0.445 e. The van der Waals surface area contributed by atoms with Crippen LogP contribution in [0.3, 0.4) is 0 Å². The van der Waals surface area contributed by atoms with E-state index in [9.17, 15) is 27.2 Å². The number of nitrogens with one attached hydrogen (secondary N) is 1. The summed E-state index contributed by atoms with van der Waals surface area (Å²) < 4.78 is 69.5. The molecule has 2 aromatic heterocycles. The Morgan fingerprint density at radius 3 is 2.45 bits per heavy atom. The molecule has 0 radical (unpaired) electrons. The predicted octanol–water partition coefficient (Wildman–Crippen LogP) is 7.23. The van der Waals surface area contributed by atoms with Crippen molar-refractivity contribution in [2.24, 2.45) is 5.92 Å². The number of hydrogen-bond acceptors (Lipinski definition) is 6. The average molecular weight is 620 g/mol. The van der Waals surface area contributed by atoms with E-state index in [2.05, 4.69) is 15.4 Å². The van der Waals surface area contributed by atoms with Crippen LogP contribution < -0.4 is 5.32 Å². The number of piperidine rings is 1. The number of amides is 2. The number of alkyl carbamates (subject to hydrolysis) is 1. The summed E-state index contributed by atoms with van der Waals surface area (Å²) in [6.07, 6.45) is 0.146. The third-order valence-electron chi connectivity index (χ3n) is 8.00. The van der Waals surface area contributed by atoms with Gasteiger partial charge in [0.2, 0.25) is 5.92 Å². The highest BCUT2D eigenvalue weighted by molar-refractivity contribution is 5.69. The first kappa shape index (κ1) is 31.5. The zero-order chi connectivity index (χ0) is 31.7. The van der Waals surface area contributed by atoms with E-state index in [0.29, 0.717) is 16.9 Å². The normalized spacial score (nSPS) is 21.1. The van der Waals surface area contributed by atoms with Gasteiger partial charge in [0.05, 0.1) is 30.2 Å². The summed E-state index contributed by atoms with van der Waals surface area (Å²) >= 11 is 0. The third kappa shape index (κ3) is 7.78. The Balaban J connectivity index is 1.41. The molecule has 2 atom stereocenters. The van der Waals surface area contributed by atoms with Crippen molar-refractivity contribution in [2.45, 2.75) is 95.4 Å². The topological polar surface area (TPSA) is 98.1 Å². The molecule has 1 aliphatic heterocycles. The van der Waals surface area contributed by atoms with Crippen LogP contribution in [0.1, 0.15) is 88.2 Å². The first-order valence-electron chi connectivity index (χ1n) is 14.8. The molecule has 13 heteroatoms. The Morgan fingerprint density at radius 1 is 1.07 bits per heavy atom. The maximum absolute atomic E-state index is 14.6. The van der Waals surface area contributed by atoms with Crippen molar-refractivity contribution in [3.05, 3.63) is 65.6 Å². The molecule has 0 spiro atoms. The van der Waals surface area contributed by atoms with Gasteiger partial charge in [-0.25, -0.2) is 36.7 Å². The number of ether oxygens (including phenoxy) is 2. The van der Waals surface area contributed by atoms with E-state index in [1.165, 1.54) is 15.6 Å². The number of nitrogens with zero attached hydrogens (tertiary/aromatic N) is 4. The highest BCUT2D eigenvalue weighted by Crippen LogP contribution is 2.42. The monoisotopic (exact) mass is 619 g/mol. The van der Waals surface area contributed by atoms with E-state index in [1.54, 1.807) is 33.0 Å². The van der Waals surface area contributed by atoms with Crippen molar-refractivity contribution in [1.82, 2.24) is 24.8 Å². The van der Waals surface area contributed by atoms with Gasteiger partial charge < -0.3 is 19.7 Å². The van der Waals surface area contributed by atoms with Gasteiger partial charge in [0.1, 0.15) is 12.2 Å². The Bertz CT molecular complexity index is 1470. The predicted molar refractivity (Wildman–Crippen MR) is 152 cm³/mol. The summed E-state index contributed by atoms with van der Waals surface area (Å²) in [4.78, 5) is 31.7. The van der Waals surface area contributed by atoms with E-state index in [4.69, 9.17) is 9.47 Å². The van der Waals surface area contributed by atoms with Crippen LogP contribution in [0.5, 0.6) is 0 Å². The number of rotatable bonds is 6. The number of carbonyl (C=O) groups excluding carboxylic acids is 2. The van der Waals surface area contributed by atoms with Crippen LogP contribution in [0.15, 0.2) is 48.8 Å².